The van der Waals surface area contributed by atoms with Gasteiger partial charge in [-0.2, -0.15) is 0 Å². The fraction of sp³-hybridized carbons (Fsp3) is 0.360. The highest BCUT2D eigenvalue weighted by Crippen LogP contribution is 2.29. The summed E-state index contributed by atoms with van der Waals surface area (Å²) in [6.45, 7) is 3.79. The molecule has 5 rings (SSSR count). The van der Waals surface area contributed by atoms with Crippen molar-refractivity contribution in [2.45, 2.75) is 18.9 Å². The lowest BCUT2D eigenvalue weighted by Gasteiger charge is -2.30. The Hall–Kier alpha value is -3.56. The number of anilines is 3. The summed E-state index contributed by atoms with van der Waals surface area (Å²) >= 11 is 0. The Labute approximate surface area is 198 Å². The summed E-state index contributed by atoms with van der Waals surface area (Å²) in [5, 5.41) is 6.77. The second-order valence-corrected chi connectivity index (χ2v) is 8.64. The Kier molecular flexibility index (Phi) is 6.37. The van der Waals surface area contributed by atoms with Crippen LogP contribution in [0.1, 0.15) is 21.6 Å². The van der Waals surface area contributed by atoms with Crippen molar-refractivity contribution >= 4 is 23.0 Å². The number of hydrogen-bond acceptors (Lipinski definition) is 9. The average Bonchev–Trinajstić information content (AvgIpc) is 2.89. The molecule has 0 aliphatic carbocycles. The van der Waals surface area contributed by atoms with Gasteiger partial charge in [0.1, 0.15) is 5.69 Å². The quantitative estimate of drug-likeness (QED) is 0.475. The molecule has 0 amide bonds. The Balaban J connectivity index is 1.40. The van der Waals surface area contributed by atoms with Crippen LogP contribution in [-0.4, -0.2) is 66.7 Å². The molecule has 0 radical (unpaired) electrons. The van der Waals surface area contributed by atoms with Gasteiger partial charge >= 0.3 is 0 Å². The van der Waals surface area contributed by atoms with Gasteiger partial charge in [-0.1, -0.05) is 6.07 Å². The number of ketones is 1. The minimum atomic E-state index is -0.177. The molecule has 1 unspecified atom stereocenters. The summed E-state index contributed by atoms with van der Waals surface area (Å²) in [5.41, 5.74) is 12.0. The zero-order chi connectivity index (χ0) is 23.5. The molecule has 1 saturated heterocycles. The molecule has 1 aromatic carbocycles. The first-order valence-electron chi connectivity index (χ1n) is 11.6. The van der Waals surface area contributed by atoms with Crippen molar-refractivity contribution < 1.29 is 9.53 Å². The molecule has 9 heteroatoms. The van der Waals surface area contributed by atoms with Crippen molar-refractivity contribution in [3.05, 3.63) is 59.7 Å². The van der Waals surface area contributed by atoms with Crippen molar-refractivity contribution in [2.75, 3.05) is 55.8 Å². The smallest absolute Gasteiger partial charge is 0.189 e. The third kappa shape index (κ3) is 4.57. The van der Waals surface area contributed by atoms with Crippen LogP contribution in [-0.2, 0) is 17.6 Å². The fourth-order valence-electron chi connectivity index (χ4n) is 4.54. The molecule has 4 N–H and O–H groups in total. The summed E-state index contributed by atoms with van der Waals surface area (Å²) in [6, 6.07) is 8.48. The van der Waals surface area contributed by atoms with Crippen LogP contribution in [0.4, 0.5) is 17.2 Å². The maximum absolute atomic E-state index is 13.3. The zero-order valence-electron chi connectivity index (χ0n) is 19.3. The van der Waals surface area contributed by atoms with Gasteiger partial charge in [-0.25, -0.2) is 9.97 Å². The van der Waals surface area contributed by atoms with Gasteiger partial charge in [0.05, 0.1) is 25.1 Å². The van der Waals surface area contributed by atoms with Crippen LogP contribution in [0.15, 0.2) is 42.9 Å². The van der Waals surface area contributed by atoms with Crippen LogP contribution >= 0.6 is 0 Å². The molecule has 2 aliphatic heterocycles. The van der Waals surface area contributed by atoms with Crippen LogP contribution in [0.2, 0.25) is 0 Å². The number of morpholine rings is 1. The first-order valence-corrected chi connectivity index (χ1v) is 11.6. The Morgan fingerprint density at radius 2 is 2.12 bits per heavy atom. The summed E-state index contributed by atoms with van der Waals surface area (Å²) in [5.74, 6) is -0.0373. The topological polar surface area (TPSA) is 118 Å². The number of nitrogens with two attached hydrogens (primary N) is 1. The number of hydrogen-bond donors (Lipinski definition) is 3. The van der Waals surface area contributed by atoms with E-state index in [4.69, 9.17) is 10.5 Å². The maximum atomic E-state index is 13.3. The van der Waals surface area contributed by atoms with Crippen molar-refractivity contribution in [2.24, 2.45) is 0 Å². The SMILES string of the molecule is CNC1CNc2ccc(-c3cnc(N)c(C(=O)Cc4cnccc4N4CCOCC4)n3)cc2C1. The van der Waals surface area contributed by atoms with Crippen LogP contribution in [0.25, 0.3) is 11.3 Å². The van der Waals surface area contributed by atoms with E-state index >= 15 is 0 Å². The second-order valence-electron chi connectivity index (χ2n) is 8.64. The summed E-state index contributed by atoms with van der Waals surface area (Å²) in [4.78, 5) is 28.7. The number of nitrogens with one attached hydrogen (secondary N) is 2. The molecule has 0 saturated carbocycles. The van der Waals surface area contributed by atoms with Gasteiger partial charge in [0.25, 0.3) is 0 Å². The standard InChI is InChI=1S/C25H29N7O2/c1-27-19-11-17-10-16(2-3-20(17)29-14-19)21-15-30-25(26)24(31-21)23(33)12-18-13-28-5-4-22(18)32-6-8-34-9-7-32/h2-5,10,13,15,19,27,29H,6-9,11-12,14H2,1H3,(H2,26,30). The summed E-state index contributed by atoms with van der Waals surface area (Å²) in [6.07, 6.45) is 6.19. The lowest BCUT2D eigenvalue weighted by atomic mass is 9.96. The Bertz CT molecular complexity index is 1190. The van der Waals surface area contributed by atoms with E-state index in [1.165, 1.54) is 5.56 Å². The van der Waals surface area contributed by atoms with Gasteiger partial charge < -0.3 is 26.0 Å². The highest BCUT2D eigenvalue weighted by molar-refractivity contribution is 6.00. The molecule has 2 aliphatic rings. The number of nitrogen functional groups attached to an aromatic ring is 1. The van der Waals surface area contributed by atoms with Crippen LogP contribution < -0.4 is 21.3 Å². The molecule has 1 fully saturated rings. The number of benzene rings is 1. The Morgan fingerprint density at radius 3 is 2.94 bits per heavy atom. The van der Waals surface area contributed by atoms with Crippen LogP contribution in [0.3, 0.4) is 0 Å². The monoisotopic (exact) mass is 459 g/mol. The molecule has 1 atom stereocenters. The fourth-order valence-corrected chi connectivity index (χ4v) is 4.54. The maximum Gasteiger partial charge on any atom is 0.189 e. The van der Waals surface area contributed by atoms with Gasteiger partial charge in [-0.15, -0.1) is 0 Å². The molecule has 34 heavy (non-hydrogen) atoms. The molecule has 0 bridgehead atoms. The van der Waals surface area contributed by atoms with E-state index in [0.29, 0.717) is 24.9 Å². The first kappa shape index (κ1) is 22.2. The summed E-state index contributed by atoms with van der Waals surface area (Å²) < 4.78 is 5.46. The molecule has 0 spiro atoms. The molecular formula is C25H29N7O2. The minimum Gasteiger partial charge on any atom is -0.383 e. The number of rotatable bonds is 6. The predicted octanol–water partition coefficient (Wildman–Crippen LogP) is 1.94. The average molecular weight is 460 g/mol. The number of ether oxygens (including phenoxy) is 1. The first-order chi connectivity index (χ1) is 16.6. The lowest BCUT2D eigenvalue weighted by Crippen LogP contribution is -2.38. The predicted molar refractivity (Wildman–Crippen MR) is 132 cm³/mol. The number of Topliss-reactive ketones (excluding diaryl/α,β-unsaturated/α-hetero) is 1. The third-order valence-corrected chi connectivity index (χ3v) is 6.46. The zero-order valence-corrected chi connectivity index (χ0v) is 19.3. The molecule has 4 heterocycles. The van der Waals surface area contributed by atoms with E-state index in [-0.39, 0.29) is 23.7 Å². The van der Waals surface area contributed by atoms with E-state index in [2.05, 4.69) is 42.6 Å². The van der Waals surface area contributed by atoms with E-state index in [1.807, 2.05) is 19.2 Å². The van der Waals surface area contributed by atoms with Crippen LogP contribution in [0, 0.1) is 0 Å². The number of fused-ring (bicyclic) bond motifs is 1. The number of carbonyl (C=O) groups is 1. The van der Waals surface area contributed by atoms with E-state index in [0.717, 1.165) is 48.6 Å². The van der Waals surface area contributed by atoms with Gasteiger partial charge in [-0.05, 0) is 37.2 Å². The highest BCUT2D eigenvalue weighted by Gasteiger charge is 2.21. The normalized spacial score (nSPS) is 17.7. The van der Waals surface area contributed by atoms with Crippen molar-refractivity contribution in [3.8, 4) is 11.3 Å². The number of pyridine rings is 1. The van der Waals surface area contributed by atoms with Gasteiger partial charge in [0.2, 0.25) is 0 Å². The number of nitrogens with zero attached hydrogens (tertiary/aromatic N) is 4. The Morgan fingerprint density at radius 1 is 1.26 bits per heavy atom. The largest absolute Gasteiger partial charge is 0.383 e. The van der Waals surface area contributed by atoms with Gasteiger partial charge in [-0.3, -0.25) is 9.78 Å². The molecular weight excluding hydrogens is 430 g/mol. The van der Waals surface area contributed by atoms with Crippen LogP contribution in [0.5, 0.6) is 0 Å². The number of likely N-dealkylation sites (N-methyl/N-ethyl adjacent to an activating group) is 1. The second kappa shape index (κ2) is 9.74. The minimum absolute atomic E-state index is 0.139. The van der Waals surface area contributed by atoms with Gasteiger partial charge in [0.15, 0.2) is 11.6 Å². The van der Waals surface area contributed by atoms with Gasteiger partial charge in [0, 0.05) is 67.0 Å². The van der Waals surface area contributed by atoms with Crippen molar-refractivity contribution in [3.63, 3.8) is 0 Å². The molecule has 3 aromatic rings. The molecule has 9 nitrogen and oxygen atoms in total. The number of aromatic nitrogens is 3. The third-order valence-electron chi connectivity index (χ3n) is 6.46. The van der Waals surface area contributed by atoms with E-state index in [9.17, 15) is 4.79 Å². The number of carbonyl (C=O) groups excluding carboxylic acids is 1. The van der Waals surface area contributed by atoms with E-state index < -0.39 is 0 Å². The molecule has 2 aromatic heterocycles. The summed E-state index contributed by atoms with van der Waals surface area (Å²) in [7, 11) is 1.97. The van der Waals surface area contributed by atoms with Crippen molar-refractivity contribution in [1.82, 2.24) is 20.3 Å². The van der Waals surface area contributed by atoms with E-state index in [1.54, 1.807) is 18.6 Å². The highest BCUT2D eigenvalue weighted by atomic mass is 16.5. The molecule has 176 valence electrons. The lowest BCUT2D eigenvalue weighted by molar-refractivity contribution is 0.0988. The van der Waals surface area contributed by atoms with Crippen molar-refractivity contribution in [1.29, 1.82) is 0 Å².